The van der Waals surface area contributed by atoms with Crippen molar-refractivity contribution in [3.8, 4) is 11.3 Å². The third-order valence-electron chi connectivity index (χ3n) is 6.10. The smallest absolute Gasteiger partial charge is 0.228 e. The predicted molar refractivity (Wildman–Crippen MR) is 131 cm³/mol. The number of nitrogens with zero attached hydrogens (tertiary/aromatic N) is 6. The van der Waals surface area contributed by atoms with Crippen molar-refractivity contribution in [3.63, 3.8) is 0 Å². The summed E-state index contributed by atoms with van der Waals surface area (Å²) < 4.78 is 23.9. The van der Waals surface area contributed by atoms with Crippen LogP contribution in [0.1, 0.15) is 37.5 Å². The average molecular weight is 500 g/mol. The zero-order valence-corrected chi connectivity index (χ0v) is 20.3. The molecule has 1 aromatic carbocycles. The fourth-order valence-electron chi connectivity index (χ4n) is 4.28. The summed E-state index contributed by atoms with van der Waals surface area (Å²) in [7, 11) is 1.80. The van der Waals surface area contributed by atoms with E-state index in [2.05, 4.69) is 26.5 Å². The lowest BCUT2D eigenvalue weighted by Crippen LogP contribution is -2.43. The maximum atomic E-state index is 14.9. The number of hydrogen-bond acceptors (Lipinski definition) is 8. The van der Waals surface area contributed by atoms with E-state index in [-0.39, 0.29) is 12.2 Å². The minimum atomic E-state index is -0.432. The van der Waals surface area contributed by atoms with Gasteiger partial charge >= 0.3 is 0 Å². The van der Waals surface area contributed by atoms with Crippen molar-refractivity contribution in [1.82, 2.24) is 24.7 Å². The van der Waals surface area contributed by atoms with Crippen molar-refractivity contribution in [2.24, 2.45) is 0 Å². The zero-order chi connectivity index (χ0) is 23.4. The van der Waals surface area contributed by atoms with Gasteiger partial charge in [0.2, 0.25) is 5.95 Å². The molecule has 34 heavy (non-hydrogen) atoms. The highest BCUT2D eigenvalue weighted by Gasteiger charge is 2.32. The molecule has 1 aliphatic heterocycles. The first-order valence-corrected chi connectivity index (χ1v) is 12.4. The molecule has 0 radical (unpaired) electrons. The summed E-state index contributed by atoms with van der Waals surface area (Å²) in [4.78, 5) is 16.3. The van der Waals surface area contributed by atoms with Crippen molar-refractivity contribution in [1.29, 1.82) is 0 Å². The summed E-state index contributed by atoms with van der Waals surface area (Å²) in [5.41, 5.74) is 2.44. The maximum absolute atomic E-state index is 14.9. The lowest BCUT2D eigenvalue weighted by Gasteiger charge is -2.36. The minimum absolute atomic E-state index is 0.0404. The number of anilines is 2. The first-order chi connectivity index (χ1) is 16.5. The standard InChI is InChI=1S/C23H23ClFN7OS/c1-12-9-31(11-18(33-12)13-8-27-32(10-13)15-4-5-15)22-28-19(16-6-3-14(24)7-17(16)25)20-21(29-22)30-23(26-2)34-20/h3,6-8,10,12,15,18H,4-5,9,11H2,1-2H3,(H,26,28,29,30)/t12-,18+/m0/s1. The molecule has 0 bridgehead atoms. The second-order valence-corrected chi connectivity index (χ2v) is 10.2. The van der Waals surface area contributed by atoms with E-state index in [0.717, 1.165) is 10.3 Å². The summed E-state index contributed by atoms with van der Waals surface area (Å²) in [5, 5.41) is 8.60. The molecule has 2 atom stereocenters. The maximum Gasteiger partial charge on any atom is 0.228 e. The van der Waals surface area contributed by atoms with Crippen molar-refractivity contribution >= 4 is 44.4 Å². The molecule has 3 aromatic heterocycles. The third kappa shape index (κ3) is 3.99. The molecule has 4 aromatic rings. The van der Waals surface area contributed by atoms with Crippen molar-refractivity contribution < 1.29 is 9.13 Å². The SMILES string of the molecule is CNc1nc2nc(N3C[C@H](C)O[C@@H](c4cnn(C5CC5)c4)C3)nc(-c3ccc(Cl)cc3F)c2s1. The Bertz CT molecular complexity index is 1370. The van der Waals surface area contributed by atoms with Gasteiger partial charge in [-0.3, -0.25) is 4.68 Å². The van der Waals surface area contributed by atoms with Gasteiger partial charge in [-0.15, -0.1) is 0 Å². The van der Waals surface area contributed by atoms with Gasteiger partial charge < -0.3 is 15.0 Å². The van der Waals surface area contributed by atoms with Crippen LogP contribution in [0.3, 0.4) is 0 Å². The Hall–Kier alpha value is -2.82. The Kier molecular flexibility index (Phi) is 5.39. The average Bonchev–Trinajstić information content (AvgIpc) is 3.39. The second-order valence-electron chi connectivity index (χ2n) is 8.74. The van der Waals surface area contributed by atoms with Crippen LogP contribution in [0.15, 0.2) is 30.6 Å². The molecule has 1 saturated heterocycles. The minimum Gasteiger partial charge on any atom is -0.367 e. The molecule has 176 valence electrons. The Morgan fingerprint density at radius 2 is 2.06 bits per heavy atom. The molecule has 1 saturated carbocycles. The number of fused-ring (bicyclic) bond motifs is 1. The lowest BCUT2D eigenvalue weighted by molar-refractivity contribution is -0.0178. The van der Waals surface area contributed by atoms with Gasteiger partial charge in [0, 0.05) is 35.9 Å². The summed E-state index contributed by atoms with van der Waals surface area (Å²) >= 11 is 7.39. The van der Waals surface area contributed by atoms with E-state index in [0.29, 0.717) is 52.1 Å². The first kappa shape index (κ1) is 21.7. The van der Waals surface area contributed by atoms with Crippen molar-refractivity contribution in [2.75, 3.05) is 30.4 Å². The van der Waals surface area contributed by atoms with Crippen LogP contribution < -0.4 is 10.2 Å². The van der Waals surface area contributed by atoms with E-state index in [1.54, 1.807) is 19.2 Å². The zero-order valence-electron chi connectivity index (χ0n) is 18.7. The molecule has 2 aliphatic rings. The lowest BCUT2D eigenvalue weighted by atomic mass is 10.1. The molecule has 11 heteroatoms. The van der Waals surface area contributed by atoms with Crippen LogP contribution in [0.2, 0.25) is 5.02 Å². The fraction of sp³-hybridized carbons (Fsp3) is 0.391. The number of benzene rings is 1. The van der Waals surface area contributed by atoms with Crippen LogP contribution in [0.5, 0.6) is 0 Å². The van der Waals surface area contributed by atoms with E-state index >= 15 is 0 Å². The quantitative estimate of drug-likeness (QED) is 0.410. The van der Waals surface area contributed by atoms with Crippen molar-refractivity contribution in [2.45, 2.75) is 38.0 Å². The number of morpholine rings is 1. The van der Waals surface area contributed by atoms with Gasteiger partial charge in [-0.1, -0.05) is 22.9 Å². The highest BCUT2D eigenvalue weighted by Crippen LogP contribution is 2.38. The van der Waals surface area contributed by atoms with Gasteiger partial charge in [0.25, 0.3) is 0 Å². The molecule has 0 spiro atoms. The molecular formula is C23H23ClFN7OS. The molecular weight excluding hydrogens is 477 g/mol. The van der Waals surface area contributed by atoms with Gasteiger partial charge in [0.15, 0.2) is 10.8 Å². The number of hydrogen-bond donors (Lipinski definition) is 1. The number of nitrogens with one attached hydrogen (secondary N) is 1. The topological polar surface area (TPSA) is 81.0 Å². The van der Waals surface area contributed by atoms with Gasteiger partial charge in [-0.05, 0) is 38.0 Å². The van der Waals surface area contributed by atoms with Crippen LogP contribution in [-0.2, 0) is 4.74 Å². The summed E-state index contributed by atoms with van der Waals surface area (Å²) in [5.74, 6) is 0.0677. The Morgan fingerprint density at radius 3 is 2.82 bits per heavy atom. The van der Waals surface area contributed by atoms with E-state index in [9.17, 15) is 4.39 Å². The molecule has 1 aliphatic carbocycles. The highest BCUT2D eigenvalue weighted by atomic mass is 35.5. The summed E-state index contributed by atoms with van der Waals surface area (Å²) in [6.45, 7) is 3.22. The molecule has 8 nitrogen and oxygen atoms in total. The summed E-state index contributed by atoms with van der Waals surface area (Å²) in [6, 6.07) is 5.13. The summed E-state index contributed by atoms with van der Waals surface area (Å²) in [6.07, 6.45) is 6.12. The van der Waals surface area contributed by atoms with Gasteiger partial charge in [0.05, 0.1) is 30.6 Å². The van der Waals surface area contributed by atoms with Crippen LogP contribution in [-0.4, -0.2) is 51.0 Å². The third-order valence-corrected chi connectivity index (χ3v) is 7.40. The van der Waals surface area contributed by atoms with E-state index < -0.39 is 5.82 Å². The van der Waals surface area contributed by atoms with Crippen LogP contribution >= 0.6 is 22.9 Å². The Balaban J connectivity index is 1.40. The number of rotatable bonds is 5. The van der Waals surface area contributed by atoms with E-state index in [1.165, 1.54) is 30.2 Å². The molecule has 6 rings (SSSR count). The van der Waals surface area contributed by atoms with Crippen LogP contribution in [0.25, 0.3) is 21.6 Å². The first-order valence-electron chi connectivity index (χ1n) is 11.2. The largest absolute Gasteiger partial charge is 0.367 e. The Morgan fingerprint density at radius 1 is 1.21 bits per heavy atom. The van der Waals surface area contributed by atoms with Crippen molar-refractivity contribution in [3.05, 3.63) is 47.0 Å². The molecule has 4 heterocycles. The normalized spacial score (nSPS) is 20.8. The second kappa shape index (κ2) is 8.44. The molecule has 1 N–H and O–H groups in total. The van der Waals surface area contributed by atoms with Crippen LogP contribution in [0, 0.1) is 5.82 Å². The number of halogens is 2. The van der Waals surface area contributed by atoms with Gasteiger partial charge in [0.1, 0.15) is 16.6 Å². The van der Waals surface area contributed by atoms with E-state index in [1.807, 2.05) is 17.8 Å². The predicted octanol–water partition coefficient (Wildman–Crippen LogP) is 5.09. The molecule has 2 fully saturated rings. The van der Waals surface area contributed by atoms with E-state index in [4.69, 9.17) is 26.3 Å². The van der Waals surface area contributed by atoms with Gasteiger partial charge in [-0.25, -0.2) is 9.37 Å². The highest BCUT2D eigenvalue weighted by molar-refractivity contribution is 7.22. The Labute approximate surface area is 204 Å². The number of aromatic nitrogens is 5. The van der Waals surface area contributed by atoms with Crippen LogP contribution in [0.4, 0.5) is 15.5 Å². The monoisotopic (exact) mass is 499 g/mol. The fourth-order valence-corrected chi connectivity index (χ4v) is 5.30. The number of ether oxygens (including phenoxy) is 1. The van der Waals surface area contributed by atoms with Gasteiger partial charge in [-0.2, -0.15) is 15.1 Å². The number of thiazole rings is 1. The molecule has 0 amide bonds. The molecule has 0 unspecified atom stereocenters.